The van der Waals surface area contributed by atoms with E-state index in [1.807, 2.05) is 38.2 Å². The van der Waals surface area contributed by atoms with E-state index in [4.69, 9.17) is 15.0 Å². The summed E-state index contributed by atoms with van der Waals surface area (Å²) in [4.78, 5) is 15.4. The second kappa shape index (κ2) is 9.77. The third-order valence-corrected chi connectivity index (χ3v) is 8.63. The van der Waals surface area contributed by atoms with Crippen molar-refractivity contribution in [2.45, 2.75) is 41.5 Å². The minimum Gasteiger partial charge on any atom is -0.509 e. The Labute approximate surface area is 252 Å². The molecule has 2 N–H and O–H groups in total. The molecule has 5 heteroatoms. The van der Waals surface area contributed by atoms with Gasteiger partial charge < -0.3 is 10.4 Å². The van der Waals surface area contributed by atoms with Gasteiger partial charge >= 0.3 is 0 Å². The fraction of sp³-hybridized carbons (Fsp3) is 0.184. The zero-order valence-electron chi connectivity index (χ0n) is 25.4. The van der Waals surface area contributed by atoms with Crippen LogP contribution in [0, 0.1) is 33.1 Å². The van der Waals surface area contributed by atoms with Gasteiger partial charge in [-0.05, 0) is 112 Å². The van der Waals surface area contributed by atoms with E-state index in [0.717, 1.165) is 62.2 Å². The molecule has 0 atom stereocenters. The number of nitrogens with one attached hydrogen (secondary N) is 1. The fourth-order valence-electron chi connectivity index (χ4n) is 6.39. The molecule has 5 aliphatic heterocycles. The number of allylic oxidation sites excluding steroid dienone is 10. The smallest absolute Gasteiger partial charge is 0.127 e. The topological polar surface area (TPSA) is 69.3 Å². The average Bonchev–Trinajstić information content (AvgIpc) is 3.75. The Balaban J connectivity index is 1.54. The van der Waals surface area contributed by atoms with Gasteiger partial charge in [-0.3, -0.25) is 0 Å². The van der Waals surface area contributed by atoms with Gasteiger partial charge in [0.05, 0.1) is 45.3 Å². The first-order chi connectivity index (χ1) is 20.6. The summed E-state index contributed by atoms with van der Waals surface area (Å²) in [5, 5.41) is 14.7. The third kappa shape index (κ3) is 4.52. The lowest BCUT2D eigenvalue weighted by Gasteiger charge is -2.19. The Morgan fingerprint density at radius 3 is 2.07 bits per heavy atom. The molecule has 0 saturated heterocycles. The molecule has 0 aliphatic carbocycles. The lowest BCUT2D eigenvalue weighted by molar-refractivity contribution is 0.301. The maximum absolute atomic E-state index is 11.3. The molecular weight excluding hydrogens is 528 g/mol. The molecule has 2 aromatic rings. The molecule has 0 fully saturated rings. The van der Waals surface area contributed by atoms with Gasteiger partial charge in [0.1, 0.15) is 5.76 Å². The van der Waals surface area contributed by atoms with Crippen molar-refractivity contribution in [1.82, 2.24) is 5.32 Å². The van der Waals surface area contributed by atoms with Gasteiger partial charge in [-0.15, -0.1) is 0 Å². The summed E-state index contributed by atoms with van der Waals surface area (Å²) in [6.07, 6.45) is 16.3. The van der Waals surface area contributed by atoms with Gasteiger partial charge in [-0.25, -0.2) is 15.0 Å². The van der Waals surface area contributed by atoms with Crippen LogP contribution in [0.3, 0.4) is 0 Å². The lowest BCUT2D eigenvalue weighted by atomic mass is 9.88. The second-order valence-electron chi connectivity index (χ2n) is 12.3. The molecule has 212 valence electrons. The number of hydrogen-bond acceptors (Lipinski definition) is 5. The first-order valence-corrected chi connectivity index (χ1v) is 14.7. The highest BCUT2D eigenvalue weighted by molar-refractivity contribution is 6.36. The number of benzene rings is 2. The van der Waals surface area contributed by atoms with Crippen molar-refractivity contribution in [3.8, 4) is 0 Å². The first-order valence-electron chi connectivity index (χ1n) is 14.7. The molecule has 7 rings (SSSR count). The zero-order valence-corrected chi connectivity index (χ0v) is 25.4. The van der Waals surface area contributed by atoms with Crippen molar-refractivity contribution in [3.63, 3.8) is 0 Å². The molecule has 0 aromatic heterocycles. The van der Waals surface area contributed by atoms with Gasteiger partial charge in [0.25, 0.3) is 0 Å². The summed E-state index contributed by atoms with van der Waals surface area (Å²) in [7, 11) is 0. The van der Waals surface area contributed by atoms with Gasteiger partial charge in [0.15, 0.2) is 0 Å². The fourth-order valence-corrected chi connectivity index (χ4v) is 6.39. The molecule has 5 heterocycles. The van der Waals surface area contributed by atoms with Crippen LogP contribution >= 0.6 is 0 Å². The van der Waals surface area contributed by atoms with E-state index in [1.54, 1.807) is 0 Å². The molecule has 8 bridgehead atoms. The number of nitrogens with zero attached hydrogens (tertiary/aromatic N) is 3. The van der Waals surface area contributed by atoms with Crippen LogP contribution in [0.25, 0.3) is 11.1 Å². The Bertz CT molecular complexity index is 1950. The highest BCUT2D eigenvalue weighted by Crippen LogP contribution is 2.41. The molecule has 0 unspecified atom stereocenters. The first kappa shape index (κ1) is 26.8. The Hall–Kier alpha value is -5.03. The standard InChI is InChI=1S/C38H34N4O/c1-21-7-9-25(10-8-21)35-28-13-12-27(40-28)20-33-38(5,6)37(43)32(42-33)19-26-11-14-30(39-26)36(31-16-15-29(35)41-31)34-23(3)17-22(2)18-24(34)4/h7-20,42-43H,1-6H3. The number of aliphatic hydroxyl groups excluding tert-OH is 1. The maximum atomic E-state index is 11.3. The molecule has 5 nitrogen and oxygen atoms in total. The number of aryl methyl sites for hydroxylation is 4. The number of rotatable bonds is 2. The number of aliphatic hydroxyl groups is 1. The highest BCUT2D eigenvalue weighted by atomic mass is 16.3. The molecule has 0 radical (unpaired) electrons. The monoisotopic (exact) mass is 562 g/mol. The minimum absolute atomic E-state index is 0.280. The molecule has 0 amide bonds. The van der Waals surface area contributed by atoms with Crippen LogP contribution < -0.4 is 5.32 Å². The van der Waals surface area contributed by atoms with Crippen LogP contribution in [0.2, 0.25) is 0 Å². The van der Waals surface area contributed by atoms with Crippen LogP contribution in [-0.2, 0) is 0 Å². The van der Waals surface area contributed by atoms with Gasteiger partial charge in [-0.2, -0.15) is 0 Å². The SMILES string of the molecule is Cc1ccc(C2=C3C=CC(=N3)C=C3NC(=C(O)C3(C)C)C=C3C=CC(=N3)C(c3c(C)cc(C)cc3C)=C3C=CC2=N3)cc1. The minimum atomic E-state index is -0.604. The quantitative estimate of drug-likeness (QED) is 0.387. The molecule has 5 aliphatic rings. The van der Waals surface area contributed by atoms with Crippen LogP contribution in [-0.4, -0.2) is 22.2 Å². The van der Waals surface area contributed by atoms with Crippen molar-refractivity contribution >= 4 is 28.3 Å². The van der Waals surface area contributed by atoms with Crippen molar-refractivity contribution < 1.29 is 5.11 Å². The summed E-state index contributed by atoms with van der Waals surface area (Å²) >= 11 is 0. The Morgan fingerprint density at radius 2 is 1.33 bits per heavy atom. The zero-order chi connectivity index (χ0) is 30.0. The highest BCUT2D eigenvalue weighted by Gasteiger charge is 2.37. The lowest BCUT2D eigenvalue weighted by Crippen LogP contribution is -2.18. The van der Waals surface area contributed by atoms with E-state index >= 15 is 0 Å². The molecule has 0 saturated carbocycles. The van der Waals surface area contributed by atoms with Crippen LogP contribution in [0.4, 0.5) is 0 Å². The second-order valence-corrected chi connectivity index (χ2v) is 12.3. The van der Waals surface area contributed by atoms with Gasteiger partial charge in [0, 0.05) is 16.8 Å². The molecular formula is C38H34N4O. The Kier molecular flexibility index (Phi) is 6.10. The van der Waals surface area contributed by atoms with E-state index in [1.165, 1.54) is 22.3 Å². The summed E-state index contributed by atoms with van der Waals surface area (Å²) < 4.78 is 0. The van der Waals surface area contributed by atoms with Crippen molar-refractivity contribution in [2.75, 3.05) is 0 Å². The Morgan fingerprint density at radius 1 is 0.674 bits per heavy atom. The average molecular weight is 563 g/mol. The summed E-state index contributed by atoms with van der Waals surface area (Å²) in [5.74, 6) is 0.280. The van der Waals surface area contributed by atoms with E-state index in [9.17, 15) is 5.11 Å². The molecule has 0 spiro atoms. The van der Waals surface area contributed by atoms with Crippen molar-refractivity contribution in [2.24, 2.45) is 20.4 Å². The van der Waals surface area contributed by atoms with Crippen LogP contribution in [0.15, 0.2) is 134 Å². The van der Waals surface area contributed by atoms with E-state index in [-0.39, 0.29) is 5.76 Å². The summed E-state index contributed by atoms with van der Waals surface area (Å²) in [5.41, 5.74) is 14.9. The largest absolute Gasteiger partial charge is 0.509 e. The number of aliphatic imine (C=N–C) groups is 3. The normalized spacial score (nSPS) is 20.0. The number of hydrogen-bond donors (Lipinski definition) is 2. The van der Waals surface area contributed by atoms with Crippen LogP contribution in [0.5, 0.6) is 0 Å². The van der Waals surface area contributed by atoms with E-state index < -0.39 is 5.41 Å². The summed E-state index contributed by atoms with van der Waals surface area (Å²) in [6, 6.07) is 13.0. The maximum Gasteiger partial charge on any atom is 0.127 e. The third-order valence-electron chi connectivity index (χ3n) is 8.63. The van der Waals surface area contributed by atoms with Crippen molar-refractivity contribution in [1.29, 1.82) is 0 Å². The van der Waals surface area contributed by atoms with E-state index in [2.05, 4.69) is 93.7 Å². The van der Waals surface area contributed by atoms with Gasteiger partial charge in [0.2, 0.25) is 0 Å². The molecule has 2 aromatic carbocycles. The predicted octanol–water partition coefficient (Wildman–Crippen LogP) is 8.26. The van der Waals surface area contributed by atoms with Crippen LogP contribution in [0.1, 0.15) is 47.2 Å². The summed E-state index contributed by atoms with van der Waals surface area (Å²) in [6.45, 7) is 12.6. The van der Waals surface area contributed by atoms with Gasteiger partial charge in [-0.1, -0.05) is 47.5 Å². The van der Waals surface area contributed by atoms with Crippen molar-refractivity contribution in [3.05, 3.63) is 153 Å². The molecule has 43 heavy (non-hydrogen) atoms. The predicted molar refractivity (Wildman–Crippen MR) is 178 cm³/mol. The number of fused-ring (bicyclic) bond motifs is 5. The van der Waals surface area contributed by atoms with E-state index in [0.29, 0.717) is 5.70 Å².